The van der Waals surface area contributed by atoms with Crippen LogP contribution in [0.4, 0.5) is 4.79 Å². The van der Waals surface area contributed by atoms with Gasteiger partial charge in [-0.05, 0) is 29.2 Å². The number of rotatable bonds is 4. The predicted octanol–water partition coefficient (Wildman–Crippen LogP) is 4.24. The van der Waals surface area contributed by atoms with Crippen molar-refractivity contribution in [2.24, 2.45) is 0 Å². The van der Waals surface area contributed by atoms with Gasteiger partial charge in [0.2, 0.25) is 0 Å². The highest BCUT2D eigenvalue weighted by Crippen LogP contribution is 2.31. The standard InChI is InChI=1S/C23H21N5O2/c29-23(30)27-8-6-17(7-9-27)18-10-20-21(13-25-22(20)24-11-18)19-12-26-28(15-19)14-16-4-2-1-3-5-16/h1-6,10-13,15H,7-9,14H2,(H,24,25)(H,29,30). The summed E-state index contributed by atoms with van der Waals surface area (Å²) in [6.45, 7) is 1.64. The number of amides is 1. The highest BCUT2D eigenvalue weighted by molar-refractivity contribution is 5.95. The van der Waals surface area contributed by atoms with E-state index in [1.165, 1.54) is 10.5 Å². The van der Waals surface area contributed by atoms with Crippen LogP contribution < -0.4 is 0 Å². The van der Waals surface area contributed by atoms with Gasteiger partial charge in [-0.2, -0.15) is 5.10 Å². The van der Waals surface area contributed by atoms with E-state index in [0.717, 1.165) is 39.8 Å². The van der Waals surface area contributed by atoms with Gasteiger partial charge in [-0.1, -0.05) is 36.4 Å². The zero-order valence-corrected chi connectivity index (χ0v) is 16.3. The highest BCUT2D eigenvalue weighted by atomic mass is 16.4. The lowest BCUT2D eigenvalue weighted by Crippen LogP contribution is -2.33. The van der Waals surface area contributed by atoms with Crippen molar-refractivity contribution in [3.8, 4) is 11.1 Å². The number of pyridine rings is 1. The zero-order chi connectivity index (χ0) is 20.5. The Morgan fingerprint density at radius 3 is 2.80 bits per heavy atom. The second-order valence-electron chi connectivity index (χ2n) is 7.44. The van der Waals surface area contributed by atoms with Gasteiger partial charge in [-0.25, -0.2) is 9.78 Å². The van der Waals surface area contributed by atoms with E-state index in [1.807, 2.05) is 53.7 Å². The first-order valence-electron chi connectivity index (χ1n) is 9.88. The van der Waals surface area contributed by atoms with E-state index in [9.17, 15) is 4.79 Å². The van der Waals surface area contributed by atoms with Crippen LogP contribution in [0.5, 0.6) is 0 Å². The summed E-state index contributed by atoms with van der Waals surface area (Å²) in [6, 6.07) is 12.4. The van der Waals surface area contributed by atoms with Gasteiger partial charge in [0.25, 0.3) is 0 Å². The second kappa shape index (κ2) is 7.51. The average molecular weight is 399 g/mol. The molecule has 1 amide bonds. The van der Waals surface area contributed by atoms with E-state index in [1.54, 1.807) is 0 Å². The molecule has 3 aromatic heterocycles. The highest BCUT2D eigenvalue weighted by Gasteiger charge is 2.18. The van der Waals surface area contributed by atoms with Crippen molar-refractivity contribution in [3.63, 3.8) is 0 Å². The first kappa shape index (κ1) is 18.2. The summed E-state index contributed by atoms with van der Waals surface area (Å²) in [5.41, 5.74) is 6.29. The molecule has 0 radical (unpaired) electrons. The van der Waals surface area contributed by atoms with Crippen molar-refractivity contribution in [3.05, 3.63) is 78.4 Å². The maximum atomic E-state index is 11.1. The first-order valence-corrected chi connectivity index (χ1v) is 9.88. The molecule has 150 valence electrons. The fourth-order valence-electron chi connectivity index (χ4n) is 3.88. The lowest BCUT2D eigenvalue weighted by Gasteiger charge is -2.23. The normalized spacial score (nSPS) is 14.1. The van der Waals surface area contributed by atoms with Crippen molar-refractivity contribution >= 4 is 22.7 Å². The number of H-pyrrole nitrogens is 1. The molecule has 0 aliphatic carbocycles. The Labute approximate surface area is 173 Å². The maximum Gasteiger partial charge on any atom is 0.407 e. The van der Waals surface area contributed by atoms with Gasteiger partial charge >= 0.3 is 6.09 Å². The topological polar surface area (TPSA) is 87.0 Å². The van der Waals surface area contributed by atoms with Crippen LogP contribution in [0.3, 0.4) is 0 Å². The molecule has 0 unspecified atom stereocenters. The van der Waals surface area contributed by atoms with E-state index in [0.29, 0.717) is 19.5 Å². The van der Waals surface area contributed by atoms with Crippen LogP contribution >= 0.6 is 0 Å². The van der Waals surface area contributed by atoms with Crippen LogP contribution in [0, 0.1) is 0 Å². The van der Waals surface area contributed by atoms with Crippen LogP contribution in [0.1, 0.15) is 17.5 Å². The summed E-state index contributed by atoms with van der Waals surface area (Å²) < 4.78 is 1.94. The number of nitrogens with one attached hydrogen (secondary N) is 1. The second-order valence-corrected chi connectivity index (χ2v) is 7.44. The Balaban J connectivity index is 1.44. The fraction of sp³-hybridized carbons (Fsp3) is 0.174. The Hall–Kier alpha value is -3.87. The Bertz CT molecular complexity index is 1240. The molecule has 4 heterocycles. The average Bonchev–Trinajstić information content (AvgIpc) is 3.40. The van der Waals surface area contributed by atoms with Crippen molar-refractivity contribution < 1.29 is 9.90 Å². The van der Waals surface area contributed by atoms with Crippen LogP contribution in [0.25, 0.3) is 27.7 Å². The van der Waals surface area contributed by atoms with Crippen molar-refractivity contribution in [1.82, 2.24) is 24.6 Å². The number of nitrogens with zero attached hydrogens (tertiary/aromatic N) is 4. The molecule has 7 heteroatoms. The van der Waals surface area contributed by atoms with E-state index in [-0.39, 0.29) is 0 Å². The quantitative estimate of drug-likeness (QED) is 0.537. The molecule has 0 spiro atoms. The molecule has 0 bridgehead atoms. The third kappa shape index (κ3) is 3.45. The molecule has 1 aromatic carbocycles. The Morgan fingerprint density at radius 2 is 2.03 bits per heavy atom. The number of carbonyl (C=O) groups is 1. The van der Waals surface area contributed by atoms with Gasteiger partial charge in [0.15, 0.2) is 0 Å². The smallest absolute Gasteiger partial charge is 0.407 e. The predicted molar refractivity (Wildman–Crippen MR) is 115 cm³/mol. The van der Waals surface area contributed by atoms with Gasteiger partial charge in [0.05, 0.1) is 12.7 Å². The monoisotopic (exact) mass is 399 g/mol. The SMILES string of the molecule is O=C(O)N1CC=C(c2cnc3[nH]cc(-c4cnn(Cc5ccccc5)c4)c3c2)CC1. The first-order chi connectivity index (χ1) is 14.7. The van der Waals surface area contributed by atoms with Crippen LogP contribution in [0.2, 0.25) is 0 Å². The summed E-state index contributed by atoms with van der Waals surface area (Å²) in [7, 11) is 0. The molecule has 0 saturated carbocycles. The van der Waals surface area contributed by atoms with Gasteiger partial charge < -0.3 is 15.0 Å². The van der Waals surface area contributed by atoms with Crippen LogP contribution in [0.15, 0.2) is 67.3 Å². The number of fused-ring (bicyclic) bond motifs is 1. The molecule has 4 aromatic rings. The van der Waals surface area contributed by atoms with Crippen LogP contribution in [-0.4, -0.2) is 48.9 Å². The zero-order valence-electron chi connectivity index (χ0n) is 16.3. The van der Waals surface area contributed by atoms with E-state index >= 15 is 0 Å². The molecule has 2 N–H and O–H groups in total. The molecular formula is C23H21N5O2. The number of carboxylic acid groups (broad SMARTS) is 1. The molecule has 7 nitrogen and oxygen atoms in total. The summed E-state index contributed by atoms with van der Waals surface area (Å²) >= 11 is 0. The third-order valence-corrected chi connectivity index (χ3v) is 5.51. The van der Waals surface area contributed by atoms with Crippen molar-refractivity contribution in [1.29, 1.82) is 0 Å². The maximum absolute atomic E-state index is 11.1. The van der Waals surface area contributed by atoms with E-state index in [2.05, 4.69) is 33.3 Å². The van der Waals surface area contributed by atoms with Gasteiger partial charge in [0.1, 0.15) is 5.65 Å². The van der Waals surface area contributed by atoms with Gasteiger partial charge in [-0.15, -0.1) is 0 Å². The number of hydrogen-bond donors (Lipinski definition) is 2. The van der Waals surface area contributed by atoms with Crippen LogP contribution in [-0.2, 0) is 6.54 Å². The van der Waals surface area contributed by atoms with E-state index < -0.39 is 6.09 Å². The molecule has 0 fully saturated rings. The molecule has 1 aliphatic heterocycles. The van der Waals surface area contributed by atoms with Crippen molar-refractivity contribution in [2.45, 2.75) is 13.0 Å². The molecule has 5 rings (SSSR count). The molecule has 0 atom stereocenters. The number of aromatic nitrogens is 4. The minimum Gasteiger partial charge on any atom is -0.465 e. The minimum atomic E-state index is -0.876. The minimum absolute atomic E-state index is 0.412. The fourth-order valence-corrected chi connectivity index (χ4v) is 3.88. The number of aromatic amines is 1. The Kier molecular flexibility index (Phi) is 4.55. The number of hydrogen-bond acceptors (Lipinski definition) is 3. The molecule has 0 saturated heterocycles. The molecule has 1 aliphatic rings. The molecular weight excluding hydrogens is 378 g/mol. The third-order valence-electron chi connectivity index (χ3n) is 5.51. The van der Waals surface area contributed by atoms with Gasteiger partial charge in [0, 0.05) is 48.2 Å². The number of benzene rings is 1. The summed E-state index contributed by atoms with van der Waals surface area (Å²) in [4.78, 5) is 20.4. The molecule has 30 heavy (non-hydrogen) atoms. The lowest BCUT2D eigenvalue weighted by molar-refractivity contribution is 0.150. The van der Waals surface area contributed by atoms with Gasteiger partial charge in [-0.3, -0.25) is 4.68 Å². The summed E-state index contributed by atoms with van der Waals surface area (Å²) in [5, 5.41) is 14.7. The largest absolute Gasteiger partial charge is 0.465 e. The summed E-state index contributed by atoms with van der Waals surface area (Å²) in [5.74, 6) is 0. The Morgan fingerprint density at radius 1 is 1.17 bits per heavy atom. The van der Waals surface area contributed by atoms with E-state index in [4.69, 9.17) is 5.11 Å². The van der Waals surface area contributed by atoms with Crippen molar-refractivity contribution in [2.75, 3.05) is 13.1 Å². The lowest BCUT2D eigenvalue weighted by atomic mass is 9.99. The summed E-state index contributed by atoms with van der Waals surface area (Å²) in [6.07, 6.45) is 9.53.